The van der Waals surface area contributed by atoms with E-state index in [4.69, 9.17) is 4.18 Å². The highest BCUT2D eigenvalue weighted by Gasteiger charge is 2.59. The van der Waals surface area contributed by atoms with Crippen molar-refractivity contribution in [3.8, 4) is 0 Å². The van der Waals surface area contributed by atoms with Crippen molar-refractivity contribution in [2.45, 2.75) is 135 Å². The SMILES string of the molecule is CC(C)CCC[C@@H](C)[C@H]1CC[C@H]2[C@@H]3CC=C4C[C@H](SC[C@@H]5CC[N+]6=C(N[C@H](COS(C)(=O)=O)CC6)N5)CC[C@]4(C)[C@H]3CC[C@]12C. The summed E-state index contributed by atoms with van der Waals surface area (Å²) in [5.74, 6) is 7.63. The van der Waals surface area contributed by atoms with Gasteiger partial charge in [0.05, 0.1) is 32.0 Å². The summed E-state index contributed by atoms with van der Waals surface area (Å²) in [6.45, 7) is 15.0. The first-order chi connectivity index (χ1) is 21.4. The minimum absolute atomic E-state index is 0.0360. The quantitative estimate of drug-likeness (QED) is 0.139. The number of fused-ring (bicyclic) bond motifs is 5. The van der Waals surface area contributed by atoms with Gasteiger partial charge in [-0.1, -0.05) is 65.5 Å². The Labute approximate surface area is 279 Å². The fourth-order valence-corrected chi connectivity index (χ4v) is 13.0. The van der Waals surface area contributed by atoms with Gasteiger partial charge in [-0.25, -0.2) is 0 Å². The highest BCUT2D eigenvalue weighted by molar-refractivity contribution is 7.99. The molecule has 8 heteroatoms. The molecule has 3 saturated carbocycles. The van der Waals surface area contributed by atoms with Crippen molar-refractivity contribution in [1.29, 1.82) is 0 Å². The Morgan fingerprint density at radius 2 is 1.73 bits per heavy atom. The lowest BCUT2D eigenvalue weighted by atomic mass is 9.47. The molecule has 6 rings (SSSR count). The maximum absolute atomic E-state index is 11.5. The van der Waals surface area contributed by atoms with E-state index in [0.29, 0.717) is 16.9 Å². The summed E-state index contributed by atoms with van der Waals surface area (Å²) >= 11 is 2.20. The van der Waals surface area contributed by atoms with Gasteiger partial charge in [-0.15, -0.1) is 0 Å². The van der Waals surface area contributed by atoms with Gasteiger partial charge >= 0.3 is 5.96 Å². The molecular formula is C37H64N3O3S2+. The van der Waals surface area contributed by atoms with Crippen LogP contribution < -0.4 is 10.6 Å². The number of thioether (sulfide) groups is 1. The largest absolute Gasteiger partial charge is 0.346 e. The maximum Gasteiger partial charge on any atom is 0.346 e. The van der Waals surface area contributed by atoms with Crippen molar-refractivity contribution in [2.75, 3.05) is 31.7 Å². The number of nitrogens with zero attached hydrogens (tertiary/aromatic N) is 1. The van der Waals surface area contributed by atoms with Gasteiger partial charge < -0.3 is 0 Å². The van der Waals surface area contributed by atoms with E-state index in [2.05, 4.69) is 67.7 Å². The molecule has 2 N–H and O–H groups in total. The van der Waals surface area contributed by atoms with Crippen LogP contribution in [0.3, 0.4) is 0 Å². The van der Waals surface area contributed by atoms with Crippen molar-refractivity contribution in [3.05, 3.63) is 11.6 Å². The molecule has 3 fully saturated rings. The van der Waals surface area contributed by atoms with Gasteiger partial charge in [0, 0.05) is 23.8 Å². The second-order valence-corrected chi connectivity index (χ2v) is 20.0. The molecule has 45 heavy (non-hydrogen) atoms. The summed E-state index contributed by atoms with van der Waals surface area (Å²) < 4.78 is 30.4. The average Bonchev–Trinajstić information content (AvgIpc) is 3.35. The smallest absolute Gasteiger partial charge is 0.274 e. The molecule has 6 aliphatic rings. The van der Waals surface area contributed by atoms with Crippen molar-refractivity contribution in [3.63, 3.8) is 0 Å². The lowest BCUT2D eigenvalue weighted by molar-refractivity contribution is -0.542. The molecule has 4 aliphatic carbocycles. The first kappa shape index (κ1) is 34.1. The minimum atomic E-state index is -3.41. The third kappa shape index (κ3) is 7.33. The van der Waals surface area contributed by atoms with Crippen LogP contribution in [0.5, 0.6) is 0 Å². The predicted molar refractivity (Wildman–Crippen MR) is 188 cm³/mol. The Morgan fingerprint density at radius 3 is 2.49 bits per heavy atom. The molecular weight excluding hydrogens is 599 g/mol. The van der Waals surface area contributed by atoms with Crippen LogP contribution in [0.2, 0.25) is 0 Å². The number of nitrogens with one attached hydrogen (secondary N) is 2. The van der Waals surface area contributed by atoms with E-state index in [0.717, 1.165) is 84.7 Å². The molecule has 2 heterocycles. The second-order valence-electron chi connectivity index (χ2n) is 17.1. The summed E-state index contributed by atoms with van der Waals surface area (Å²) in [5, 5.41) is 8.03. The number of guanidine groups is 1. The van der Waals surface area contributed by atoms with E-state index in [1.54, 1.807) is 0 Å². The molecule has 0 unspecified atom stereocenters. The molecule has 256 valence electrons. The topological polar surface area (TPSA) is 70.4 Å². The van der Waals surface area contributed by atoms with E-state index in [-0.39, 0.29) is 12.6 Å². The second kappa shape index (κ2) is 13.6. The first-order valence-electron chi connectivity index (χ1n) is 18.7. The fourth-order valence-electron chi connectivity index (χ4n) is 11.2. The molecule has 10 atom stereocenters. The molecule has 0 amide bonds. The summed E-state index contributed by atoms with van der Waals surface area (Å²) in [6.07, 6.45) is 21.5. The molecule has 0 aromatic rings. The summed E-state index contributed by atoms with van der Waals surface area (Å²) in [7, 11) is -3.41. The molecule has 0 spiro atoms. The van der Waals surface area contributed by atoms with Crippen LogP contribution in [0.25, 0.3) is 0 Å². The molecule has 0 radical (unpaired) electrons. The van der Waals surface area contributed by atoms with E-state index in [1.165, 1.54) is 70.6 Å². The van der Waals surface area contributed by atoms with E-state index >= 15 is 0 Å². The highest BCUT2D eigenvalue weighted by Crippen LogP contribution is 2.67. The molecule has 2 aliphatic heterocycles. The van der Waals surface area contributed by atoms with Gasteiger partial charge in [0.1, 0.15) is 6.04 Å². The van der Waals surface area contributed by atoms with Crippen LogP contribution in [0.1, 0.15) is 118 Å². The third-order valence-corrected chi connectivity index (χ3v) is 15.8. The molecule has 0 aromatic heterocycles. The summed E-state index contributed by atoms with van der Waals surface area (Å²) in [4.78, 5) is 0. The van der Waals surface area contributed by atoms with Gasteiger partial charge in [-0.2, -0.15) is 20.2 Å². The number of hydrogen-bond acceptors (Lipinski definition) is 6. The summed E-state index contributed by atoms with van der Waals surface area (Å²) in [6, 6.07) is 0.495. The fraction of sp³-hybridized carbons (Fsp3) is 0.919. The van der Waals surface area contributed by atoms with Gasteiger partial charge in [-0.3, -0.25) is 19.4 Å². The van der Waals surface area contributed by atoms with Crippen LogP contribution in [0, 0.1) is 46.3 Å². The highest BCUT2D eigenvalue weighted by atomic mass is 32.2. The Morgan fingerprint density at radius 1 is 0.978 bits per heavy atom. The normalized spacial score (nSPS) is 40.4. The van der Waals surface area contributed by atoms with Gasteiger partial charge in [0.15, 0.2) is 0 Å². The van der Waals surface area contributed by atoms with E-state index in [1.807, 2.05) is 5.57 Å². The molecule has 0 bridgehead atoms. The predicted octanol–water partition coefficient (Wildman–Crippen LogP) is 7.20. The van der Waals surface area contributed by atoms with Crippen LogP contribution in [-0.4, -0.2) is 68.0 Å². The van der Waals surface area contributed by atoms with Crippen LogP contribution in [0.15, 0.2) is 11.6 Å². The number of hydrogen-bond donors (Lipinski definition) is 2. The van der Waals surface area contributed by atoms with E-state index < -0.39 is 10.1 Å². The zero-order valence-electron chi connectivity index (χ0n) is 29.3. The van der Waals surface area contributed by atoms with Crippen molar-refractivity contribution in [2.24, 2.45) is 46.3 Å². The van der Waals surface area contributed by atoms with E-state index in [9.17, 15) is 8.42 Å². The van der Waals surface area contributed by atoms with Crippen molar-refractivity contribution < 1.29 is 17.2 Å². The first-order valence-corrected chi connectivity index (χ1v) is 21.5. The Hall–Kier alpha value is -0.730. The Bertz CT molecular complexity index is 1230. The maximum atomic E-state index is 11.5. The molecule has 0 aromatic carbocycles. The standard InChI is InChI=1S/C37H63N3O3S2/c1-25(2)8-7-9-26(3)32-12-13-33-31-11-10-27-22-30(14-18-36(27,4)34(31)15-19-37(32,33)5)44-24-29-17-21-40-20-16-28(38-35(40)39-29)23-43-45(6,41)42/h10,25-26,28-34H,7-9,11-24H2,1-6H3,(H,38,39)/p+1/t26-,28+,29+,30-,31+,32-,33+,34+,36+,37-/m1/s1. The monoisotopic (exact) mass is 662 g/mol. The molecule has 0 saturated heterocycles. The van der Waals surface area contributed by atoms with Crippen molar-refractivity contribution >= 4 is 27.8 Å². The molecule has 6 nitrogen and oxygen atoms in total. The van der Waals surface area contributed by atoms with Crippen LogP contribution >= 0.6 is 11.8 Å². The van der Waals surface area contributed by atoms with Gasteiger partial charge in [0.2, 0.25) is 0 Å². The van der Waals surface area contributed by atoms with Gasteiger partial charge in [0.25, 0.3) is 10.1 Å². The Kier molecular flexibility index (Phi) is 10.4. The van der Waals surface area contributed by atoms with Gasteiger partial charge in [-0.05, 0) is 97.7 Å². The van der Waals surface area contributed by atoms with Crippen LogP contribution in [0.4, 0.5) is 0 Å². The number of rotatable bonds is 11. The van der Waals surface area contributed by atoms with Crippen LogP contribution in [-0.2, 0) is 14.3 Å². The zero-order chi connectivity index (χ0) is 32.0. The van der Waals surface area contributed by atoms with Crippen molar-refractivity contribution in [1.82, 2.24) is 10.6 Å². The average molecular weight is 663 g/mol. The zero-order valence-corrected chi connectivity index (χ0v) is 30.9. The lowest BCUT2D eigenvalue weighted by Gasteiger charge is -2.58. The third-order valence-electron chi connectivity index (χ3n) is 13.8. The minimum Gasteiger partial charge on any atom is -0.274 e. The lowest BCUT2D eigenvalue weighted by Crippen LogP contribution is -2.61. The number of allylic oxidation sites excluding steroid dienone is 2. The Balaban J connectivity index is 1.01. The summed E-state index contributed by atoms with van der Waals surface area (Å²) in [5.41, 5.74) is 2.81.